The van der Waals surface area contributed by atoms with E-state index in [1.54, 1.807) is 0 Å². The maximum Gasteiger partial charge on any atom is 0.306 e. The number of methoxy groups -OCH3 is 1. The van der Waals surface area contributed by atoms with Gasteiger partial charge in [-0.3, -0.25) is 4.79 Å². The van der Waals surface area contributed by atoms with Gasteiger partial charge in [-0.1, -0.05) is 6.92 Å². The van der Waals surface area contributed by atoms with Crippen LogP contribution < -0.4 is 5.32 Å². The Kier molecular flexibility index (Phi) is 5.27. The fourth-order valence-electron chi connectivity index (χ4n) is 3.02. The normalized spacial score (nSPS) is 28.1. The van der Waals surface area contributed by atoms with Gasteiger partial charge >= 0.3 is 5.97 Å². The lowest BCUT2D eigenvalue weighted by Crippen LogP contribution is -2.51. The van der Waals surface area contributed by atoms with E-state index in [2.05, 4.69) is 10.1 Å². The number of hydrogen-bond acceptors (Lipinski definition) is 6. The van der Waals surface area contributed by atoms with Gasteiger partial charge in [-0.15, -0.1) is 0 Å². The lowest BCUT2D eigenvalue weighted by atomic mass is 10.1. The third-order valence-corrected chi connectivity index (χ3v) is 6.85. The van der Waals surface area contributed by atoms with Gasteiger partial charge in [0.15, 0.2) is 9.84 Å². The average molecular weight is 319 g/mol. The van der Waals surface area contributed by atoms with Crippen LogP contribution in [0.2, 0.25) is 0 Å². The van der Waals surface area contributed by atoms with Crippen molar-refractivity contribution in [3.8, 4) is 0 Å². The van der Waals surface area contributed by atoms with Crippen molar-refractivity contribution in [3.05, 3.63) is 0 Å². The molecule has 2 unspecified atom stereocenters. The predicted molar refractivity (Wildman–Crippen MR) is 78.8 cm³/mol. The van der Waals surface area contributed by atoms with Gasteiger partial charge in [0, 0.05) is 12.6 Å². The minimum Gasteiger partial charge on any atom is -0.469 e. The van der Waals surface area contributed by atoms with Gasteiger partial charge in [0.25, 0.3) is 0 Å². The Bertz CT molecular complexity index is 470. The van der Waals surface area contributed by atoms with Crippen LogP contribution in [0.5, 0.6) is 0 Å². The molecule has 2 aliphatic rings. The summed E-state index contributed by atoms with van der Waals surface area (Å²) in [5, 5.41) is 2.74. The Morgan fingerprint density at radius 2 is 2.14 bits per heavy atom. The summed E-state index contributed by atoms with van der Waals surface area (Å²) in [4.78, 5) is 11.4. The monoisotopic (exact) mass is 319 g/mol. The molecule has 2 rings (SSSR count). The molecule has 1 N–H and O–H groups in total. The number of hydrogen-bond donors (Lipinski definition) is 1. The van der Waals surface area contributed by atoms with Crippen molar-refractivity contribution in [2.45, 2.75) is 43.9 Å². The summed E-state index contributed by atoms with van der Waals surface area (Å²) in [6.07, 6.45) is 2.46. The second-order valence-corrected chi connectivity index (χ2v) is 8.35. The van der Waals surface area contributed by atoms with E-state index < -0.39 is 20.5 Å². The van der Waals surface area contributed by atoms with E-state index in [4.69, 9.17) is 4.74 Å². The maximum absolute atomic E-state index is 12.7. The number of esters is 1. The van der Waals surface area contributed by atoms with E-state index in [1.165, 1.54) is 7.11 Å². The highest BCUT2D eigenvalue weighted by atomic mass is 32.2. The lowest BCUT2D eigenvalue weighted by molar-refractivity contribution is -0.141. The zero-order chi connectivity index (χ0) is 15.5. The molecule has 0 aromatic rings. The van der Waals surface area contributed by atoms with Crippen LogP contribution in [0.3, 0.4) is 0 Å². The van der Waals surface area contributed by atoms with Crippen molar-refractivity contribution >= 4 is 15.8 Å². The van der Waals surface area contributed by atoms with E-state index in [0.717, 1.165) is 19.4 Å². The molecule has 0 amide bonds. The van der Waals surface area contributed by atoms with E-state index in [9.17, 15) is 13.2 Å². The summed E-state index contributed by atoms with van der Waals surface area (Å²) in [7, 11) is -1.96. The van der Waals surface area contributed by atoms with Crippen LogP contribution in [0, 0.1) is 5.41 Å². The molecule has 1 aliphatic heterocycles. The molecule has 1 saturated heterocycles. The standard InChI is InChI=1S/C14H25NO5S/c1-3-15-11-4-7-20-9-12(11)21(17,18)10-14(5-6-14)8-13(16)19-2/h11-12,15H,3-10H2,1-2H3. The molecule has 21 heavy (non-hydrogen) atoms. The Hall–Kier alpha value is -0.660. The second-order valence-electron chi connectivity index (χ2n) is 6.13. The Labute approximate surface area is 126 Å². The van der Waals surface area contributed by atoms with Gasteiger partial charge in [-0.25, -0.2) is 8.42 Å². The molecule has 0 bridgehead atoms. The molecule has 0 aromatic carbocycles. The maximum atomic E-state index is 12.7. The second kappa shape index (κ2) is 6.62. The topological polar surface area (TPSA) is 81.7 Å². The third kappa shape index (κ3) is 4.17. The number of ether oxygens (including phenoxy) is 2. The van der Waals surface area contributed by atoms with Crippen LogP contribution in [0.25, 0.3) is 0 Å². The molecule has 1 heterocycles. The quantitative estimate of drug-likeness (QED) is 0.689. The smallest absolute Gasteiger partial charge is 0.306 e. The minimum absolute atomic E-state index is 0.0531. The molecule has 1 aliphatic carbocycles. The number of carbonyl (C=O) groups is 1. The molecule has 1 saturated carbocycles. The highest BCUT2D eigenvalue weighted by Crippen LogP contribution is 2.50. The Morgan fingerprint density at radius 1 is 1.43 bits per heavy atom. The fraction of sp³-hybridized carbons (Fsp3) is 0.929. The summed E-state index contributed by atoms with van der Waals surface area (Å²) in [6, 6.07) is -0.0531. The summed E-state index contributed by atoms with van der Waals surface area (Å²) < 4.78 is 35.5. The van der Waals surface area contributed by atoms with Gasteiger partial charge in [0.1, 0.15) is 0 Å². The van der Waals surface area contributed by atoms with Gasteiger partial charge in [-0.2, -0.15) is 0 Å². The van der Waals surface area contributed by atoms with Gasteiger partial charge < -0.3 is 14.8 Å². The van der Waals surface area contributed by atoms with E-state index in [0.29, 0.717) is 13.0 Å². The van der Waals surface area contributed by atoms with Crippen molar-refractivity contribution in [2.24, 2.45) is 5.41 Å². The molecule has 2 atom stereocenters. The zero-order valence-corrected chi connectivity index (χ0v) is 13.6. The van der Waals surface area contributed by atoms with Crippen LogP contribution in [-0.4, -0.2) is 58.3 Å². The first-order valence-corrected chi connectivity index (χ1v) is 9.23. The summed E-state index contributed by atoms with van der Waals surface area (Å²) in [5.74, 6) is -0.267. The van der Waals surface area contributed by atoms with Gasteiger partial charge in [0.05, 0.1) is 31.1 Å². The molecular weight excluding hydrogens is 294 g/mol. The van der Waals surface area contributed by atoms with E-state index in [-0.39, 0.29) is 30.8 Å². The van der Waals surface area contributed by atoms with Crippen LogP contribution in [0.15, 0.2) is 0 Å². The molecule has 2 fully saturated rings. The lowest BCUT2D eigenvalue weighted by Gasteiger charge is -2.32. The summed E-state index contributed by atoms with van der Waals surface area (Å²) >= 11 is 0. The number of sulfone groups is 1. The highest BCUT2D eigenvalue weighted by molar-refractivity contribution is 7.92. The van der Waals surface area contributed by atoms with Crippen LogP contribution >= 0.6 is 0 Å². The summed E-state index contributed by atoms with van der Waals surface area (Å²) in [5.41, 5.74) is -0.403. The predicted octanol–water partition coefficient (Wildman–Crippen LogP) is 0.512. The molecular formula is C14H25NO5S. The molecule has 7 heteroatoms. The van der Waals surface area contributed by atoms with Gasteiger partial charge in [-0.05, 0) is 31.2 Å². The third-order valence-electron chi connectivity index (χ3n) is 4.44. The van der Waals surface area contributed by atoms with Crippen molar-refractivity contribution in [3.63, 3.8) is 0 Å². The van der Waals surface area contributed by atoms with Crippen LogP contribution in [0.1, 0.15) is 32.6 Å². The first kappa shape index (κ1) is 16.7. The zero-order valence-electron chi connectivity index (χ0n) is 12.8. The van der Waals surface area contributed by atoms with Crippen LogP contribution in [0.4, 0.5) is 0 Å². The molecule has 0 radical (unpaired) electrons. The average Bonchev–Trinajstić information content (AvgIpc) is 3.18. The van der Waals surface area contributed by atoms with E-state index in [1.807, 2.05) is 6.92 Å². The molecule has 0 spiro atoms. The SMILES string of the molecule is CCNC1CCOCC1S(=O)(=O)CC1(CC(=O)OC)CC1. The first-order chi connectivity index (χ1) is 9.92. The highest BCUT2D eigenvalue weighted by Gasteiger charge is 2.50. The minimum atomic E-state index is -3.30. The Morgan fingerprint density at radius 3 is 2.71 bits per heavy atom. The van der Waals surface area contributed by atoms with Gasteiger partial charge in [0.2, 0.25) is 0 Å². The van der Waals surface area contributed by atoms with Crippen molar-refractivity contribution < 1.29 is 22.7 Å². The Balaban J connectivity index is 2.05. The number of rotatable bonds is 7. The van der Waals surface area contributed by atoms with Crippen LogP contribution in [-0.2, 0) is 24.1 Å². The number of nitrogens with one attached hydrogen (secondary N) is 1. The first-order valence-electron chi connectivity index (χ1n) is 7.52. The van der Waals surface area contributed by atoms with Crippen molar-refractivity contribution in [1.29, 1.82) is 0 Å². The van der Waals surface area contributed by atoms with E-state index >= 15 is 0 Å². The van der Waals surface area contributed by atoms with Crippen molar-refractivity contribution in [1.82, 2.24) is 5.32 Å². The molecule has 6 nitrogen and oxygen atoms in total. The molecule has 0 aromatic heterocycles. The largest absolute Gasteiger partial charge is 0.469 e. The number of carbonyl (C=O) groups excluding carboxylic acids is 1. The summed E-state index contributed by atoms with van der Waals surface area (Å²) in [6.45, 7) is 3.55. The fourth-order valence-corrected chi connectivity index (χ4v) is 5.52. The van der Waals surface area contributed by atoms with Crippen molar-refractivity contribution in [2.75, 3.05) is 32.6 Å². The molecule has 122 valence electrons.